The number of nitrogens with two attached hydrogens (primary N) is 1. The van der Waals surface area contributed by atoms with E-state index in [1.165, 1.54) is 20.3 Å². The standard InChI is InChI=1S/C20H21BrN4O4/c1-10-5-15-23-12(9-25(15)8-11(10)2)6-16(26)24-18-13(20(22)27)7-14(28-3)19(29-4)17(18)21/h5,7-9H,6H2,1-4H3,(H2,22,27)(H,24,26). The summed E-state index contributed by atoms with van der Waals surface area (Å²) in [6, 6.07) is 3.39. The molecule has 9 heteroatoms. The molecular formula is C20H21BrN4O4. The molecular weight excluding hydrogens is 440 g/mol. The third-order valence-corrected chi connectivity index (χ3v) is 5.35. The Hall–Kier alpha value is -3.07. The van der Waals surface area contributed by atoms with Gasteiger partial charge >= 0.3 is 0 Å². The Kier molecular flexibility index (Phi) is 5.78. The number of methoxy groups -OCH3 is 2. The molecule has 0 aliphatic heterocycles. The van der Waals surface area contributed by atoms with Gasteiger partial charge in [-0.25, -0.2) is 4.98 Å². The molecule has 2 amide bonds. The summed E-state index contributed by atoms with van der Waals surface area (Å²) < 4.78 is 12.8. The van der Waals surface area contributed by atoms with Gasteiger partial charge in [-0.1, -0.05) is 0 Å². The predicted octanol–water partition coefficient (Wildman–Crippen LogP) is 3.01. The van der Waals surface area contributed by atoms with Crippen LogP contribution in [0.1, 0.15) is 27.2 Å². The van der Waals surface area contributed by atoms with E-state index in [1.54, 1.807) is 6.20 Å². The average molecular weight is 461 g/mol. The van der Waals surface area contributed by atoms with Gasteiger partial charge in [0.1, 0.15) is 5.65 Å². The highest BCUT2D eigenvalue weighted by Crippen LogP contribution is 2.42. The van der Waals surface area contributed by atoms with Crippen molar-refractivity contribution in [2.75, 3.05) is 19.5 Å². The average Bonchev–Trinajstić information content (AvgIpc) is 3.03. The van der Waals surface area contributed by atoms with Crippen molar-refractivity contribution < 1.29 is 19.1 Å². The Balaban J connectivity index is 1.91. The van der Waals surface area contributed by atoms with Crippen LogP contribution in [0.15, 0.2) is 29.0 Å². The third-order valence-electron chi connectivity index (χ3n) is 4.59. The Morgan fingerprint density at radius 1 is 1.17 bits per heavy atom. The van der Waals surface area contributed by atoms with Crippen LogP contribution in [0.3, 0.4) is 0 Å². The first-order chi connectivity index (χ1) is 13.7. The van der Waals surface area contributed by atoms with Crippen molar-refractivity contribution >= 4 is 39.1 Å². The van der Waals surface area contributed by atoms with Crippen molar-refractivity contribution in [2.45, 2.75) is 20.3 Å². The van der Waals surface area contributed by atoms with Crippen LogP contribution < -0.4 is 20.5 Å². The molecule has 29 heavy (non-hydrogen) atoms. The van der Waals surface area contributed by atoms with Crippen LogP contribution in [0.2, 0.25) is 0 Å². The van der Waals surface area contributed by atoms with Crippen LogP contribution in [0.25, 0.3) is 5.65 Å². The molecule has 0 bridgehead atoms. The molecule has 3 aromatic rings. The van der Waals surface area contributed by atoms with E-state index >= 15 is 0 Å². The van der Waals surface area contributed by atoms with Crippen LogP contribution in [0.4, 0.5) is 5.69 Å². The number of carbonyl (C=O) groups excluding carboxylic acids is 2. The monoisotopic (exact) mass is 460 g/mol. The molecule has 8 nitrogen and oxygen atoms in total. The first-order valence-corrected chi connectivity index (χ1v) is 9.53. The summed E-state index contributed by atoms with van der Waals surface area (Å²) in [5.41, 5.74) is 9.42. The van der Waals surface area contributed by atoms with Crippen molar-refractivity contribution in [3.8, 4) is 11.5 Å². The van der Waals surface area contributed by atoms with Crippen molar-refractivity contribution in [1.82, 2.24) is 9.38 Å². The van der Waals surface area contributed by atoms with Crippen LogP contribution in [0.5, 0.6) is 11.5 Å². The first-order valence-electron chi connectivity index (χ1n) is 8.74. The van der Waals surface area contributed by atoms with Gasteiger partial charge in [0, 0.05) is 12.4 Å². The number of rotatable bonds is 6. The molecule has 3 N–H and O–H groups in total. The quantitative estimate of drug-likeness (QED) is 0.587. The first kappa shape index (κ1) is 20.7. The Bertz CT molecular complexity index is 1080. The number of hydrogen-bond acceptors (Lipinski definition) is 5. The smallest absolute Gasteiger partial charge is 0.250 e. The number of ether oxygens (including phenoxy) is 2. The number of anilines is 1. The van der Waals surface area contributed by atoms with E-state index in [4.69, 9.17) is 15.2 Å². The van der Waals surface area contributed by atoms with Gasteiger partial charge in [0.25, 0.3) is 5.91 Å². The number of pyridine rings is 1. The Morgan fingerprint density at radius 3 is 2.52 bits per heavy atom. The summed E-state index contributed by atoms with van der Waals surface area (Å²) in [7, 11) is 2.90. The summed E-state index contributed by atoms with van der Waals surface area (Å²) in [6.07, 6.45) is 3.80. The van der Waals surface area contributed by atoms with Gasteiger partial charge in [0.2, 0.25) is 5.91 Å². The van der Waals surface area contributed by atoms with Crippen molar-refractivity contribution in [3.05, 3.63) is 51.4 Å². The summed E-state index contributed by atoms with van der Waals surface area (Å²) in [5, 5.41) is 2.73. The zero-order valence-electron chi connectivity index (χ0n) is 16.5. The lowest BCUT2D eigenvalue weighted by molar-refractivity contribution is -0.115. The highest BCUT2D eigenvalue weighted by atomic mass is 79.9. The number of benzene rings is 1. The highest BCUT2D eigenvalue weighted by molar-refractivity contribution is 9.10. The molecule has 3 rings (SSSR count). The van der Waals surface area contributed by atoms with E-state index in [9.17, 15) is 9.59 Å². The largest absolute Gasteiger partial charge is 0.493 e. The maximum atomic E-state index is 12.7. The molecule has 1 aromatic carbocycles. The number of aryl methyl sites for hydroxylation is 2. The molecule has 152 valence electrons. The number of imidazole rings is 1. The zero-order valence-corrected chi connectivity index (χ0v) is 18.1. The van der Waals surface area contributed by atoms with Gasteiger partial charge in [-0.15, -0.1) is 0 Å². The number of amides is 2. The van der Waals surface area contributed by atoms with Gasteiger partial charge in [-0.05, 0) is 53.0 Å². The third kappa shape index (κ3) is 4.04. The van der Waals surface area contributed by atoms with Gasteiger partial charge in [-0.3, -0.25) is 9.59 Å². The van der Waals surface area contributed by atoms with Gasteiger partial charge in [0.05, 0.1) is 42.1 Å². The van der Waals surface area contributed by atoms with Crippen LogP contribution in [0, 0.1) is 13.8 Å². The second kappa shape index (κ2) is 8.12. The number of aromatic nitrogens is 2. The van der Waals surface area contributed by atoms with Crippen LogP contribution in [-0.4, -0.2) is 35.4 Å². The molecule has 0 radical (unpaired) electrons. The number of hydrogen-bond donors (Lipinski definition) is 2. The lowest BCUT2D eigenvalue weighted by Gasteiger charge is -2.16. The molecule has 2 heterocycles. The van der Waals surface area contributed by atoms with Gasteiger partial charge in [-0.2, -0.15) is 0 Å². The number of nitrogens with one attached hydrogen (secondary N) is 1. The number of carbonyl (C=O) groups is 2. The molecule has 0 unspecified atom stereocenters. The van der Waals surface area contributed by atoms with E-state index in [1.807, 2.05) is 30.5 Å². The second-order valence-corrected chi connectivity index (χ2v) is 7.37. The fraction of sp³-hybridized carbons (Fsp3) is 0.250. The minimum absolute atomic E-state index is 0.0265. The number of halogens is 1. The summed E-state index contributed by atoms with van der Waals surface area (Å²) in [5.74, 6) is -0.401. The van der Waals surface area contributed by atoms with E-state index in [0.717, 1.165) is 16.8 Å². The molecule has 0 atom stereocenters. The Morgan fingerprint density at radius 2 is 1.90 bits per heavy atom. The lowest BCUT2D eigenvalue weighted by atomic mass is 10.1. The Labute approximate surface area is 176 Å². The molecule has 0 fully saturated rings. The van der Waals surface area contributed by atoms with Gasteiger partial charge < -0.3 is 24.9 Å². The van der Waals surface area contributed by atoms with E-state index in [-0.39, 0.29) is 23.6 Å². The van der Waals surface area contributed by atoms with Crippen LogP contribution >= 0.6 is 15.9 Å². The molecule has 0 saturated carbocycles. The number of primary amides is 1. The fourth-order valence-corrected chi connectivity index (χ4v) is 3.66. The topological polar surface area (TPSA) is 108 Å². The van der Waals surface area contributed by atoms with Crippen molar-refractivity contribution in [2.24, 2.45) is 5.73 Å². The summed E-state index contributed by atoms with van der Waals surface area (Å²) >= 11 is 3.36. The molecule has 2 aromatic heterocycles. The zero-order chi connectivity index (χ0) is 21.3. The van der Waals surface area contributed by atoms with E-state index < -0.39 is 5.91 Å². The summed E-state index contributed by atoms with van der Waals surface area (Å²) in [4.78, 5) is 29.1. The van der Waals surface area contributed by atoms with E-state index in [0.29, 0.717) is 21.7 Å². The minimum Gasteiger partial charge on any atom is -0.493 e. The second-order valence-electron chi connectivity index (χ2n) is 6.57. The SMILES string of the molecule is COc1cc(C(N)=O)c(NC(=O)Cc2cn3cc(C)c(C)cc3n2)c(Br)c1OC. The predicted molar refractivity (Wildman–Crippen MR) is 113 cm³/mol. The number of fused-ring (bicyclic) bond motifs is 1. The van der Waals surface area contributed by atoms with Crippen molar-refractivity contribution in [3.63, 3.8) is 0 Å². The summed E-state index contributed by atoms with van der Waals surface area (Å²) in [6.45, 7) is 4.03. The van der Waals surface area contributed by atoms with Crippen LogP contribution in [-0.2, 0) is 11.2 Å². The minimum atomic E-state index is -0.708. The molecule has 0 aliphatic carbocycles. The van der Waals surface area contributed by atoms with Crippen molar-refractivity contribution in [1.29, 1.82) is 0 Å². The highest BCUT2D eigenvalue weighted by Gasteiger charge is 2.22. The molecule has 0 spiro atoms. The maximum absolute atomic E-state index is 12.7. The normalized spacial score (nSPS) is 10.8. The lowest BCUT2D eigenvalue weighted by Crippen LogP contribution is -2.20. The van der Waals surface area contributed by atoms with Gasteiger partial charge in [0.15, 0.2) is 11.5 Å². The molecule has 0 saturated heterocycles. The number of nitrogens with zero attached hydrogens (tertiary/aromatic N) is 2. The molecule has 0 aliphatic rings. The van der Waals surface area contributed by atoms with E-state index in [2.05, 4.69) is 26.2 Å². The fourth-order valence-electron chi connectivity index (χ4n) is 2.99. The maximum Gasteiger partial charge on any atom is 0.250 e.